The minimum atomic E-state index is 0.434. The number of nitrogens with zero attached hydrogens (tertiary/aromatic N) is 1. The molecule has 19 heavy (non-hydrogen) atoms. The van der Waals surface area contributed by atoms with E-state index in [1.807, 2.05) is 7.11 Å². The maximum Gasteiger partial charge on any atom is 0.0724 e. The van der Waals surface area contributed by atoms with Crippen molar-refractivity contribution in [3.63, 3.8) is 0 Å². The van der Waals surface area contributed by atoms with Gasteiger partial charge in [0.1, 0.15) is 0 Å². The van der Waals surface area contributed by atoms with E-state index in [0.29, 0.717) is 17.4 Å². The summed E-state index contributed by atoms with van der Waals surface area (Å²) in [7, 11) is 3.97. The van der Waals surface area contributed by atoms with E-state index in [-0.39, 0.29) is 0 Å². The summed E-state index contributed by atoms with van der Waals surface area (Å²) in [6.07, 6.45) is 8.79. The number of rotatable bonds is 5. The lowest BCUT2D eigenvalue weighted by Crippen LogP contribution is -2.50. The fourth-order valence-electron chi connectivity index (χ4n) is 4.09. The summed E-state index contributed by atoms with van der Waals surface area (Å²) in [6, 6.07) is 0. The molecule has 0 bridgehead atoms. The molecule has 2 aliphatic rings. The van der Waals surface area contributed by atoms with Crippen molar-refractivity contribution in [3.05, 3.63) is 0 Å². The van der Waals surface area contributed by atoms with Crippen LogP contribution in [0.2, 0.25) is 0 Å². The average molecular weight is 268 g/mol. The number of nitrogens with one attached hydrogen (secondary N) is 1. The van der Waals surface area contributed by atoms with Crippen LogP contribution < -0.4 is 5.32 Å². The number of likely N-dealkylation sites (tertiary alicyclic amines) is 1. The summed E-state index contributed by atoms with van der Waals surface area (Å²) in [5.41, 5.74) is 0.520. The Morgan fingerprint density at radius 2 is 2.00 bits per heavy atom. The maximum atomic E-state index is 5.66. The lowest BCUT2D eigenvalue weighted by Gasteiger charge is -2.44. The van der Waals surface area contributed by atoms with Gasteiger partial charge in [0.25, 0.3) is 0 Å². The Morgan fingerprint density at radius 3 is 2.63 bits per heavy atom. The van der Waals surface area contributed by atoms with Gasteiger partial charge in [-0.25, -0.2) is 0 Å². The first-order valence-electron chi connectivity index (χ1n) is 8.09. The van der Waals surface area contributed by atoms with Crippen LogP contribution in [0, 0.1) is 11.3 Å². The fraction of sp³-hybridized carbons (Fsp3) is 1.00. The standard InChI is InChI=1S/C16H32N2O/c1-14-7-10-18(11-15(14)19-3)13-16(12-17-2)8-5-4-6-9-16/h14-15,17H,4-13H2,1-3H3. The van der Waals surface area contributed by atoms with Crippen LogP contribution in [-0.4, -0.2) is 51.3 Å². The summed E-state index contributed by atoms with van der Waals surface area (Å²) in [5, 5.41) is 3.44. The van der Waals surface area contributed by atoms with E-state index >= 15 is 0 Å². The van der Waals surface area contributed by atoms with Gasteiger partial charge in [0.05, 0.1) is 6.10 Å². The minimum absolute atomic E-state index is 0.434. The SMILES string of the molecule is CNCC1(CN2CCC(C)C(OC)C2)CCCCC1. The van der Waals surface area contributed by atoms with Crippen LogP contribution in [0.3, 0.4) is 0 Å². The molecule has 2 rings (SSSR count). The zero-order chi connectivity index (χ0) is 13.7. The van der Waals surface area contributed by atoms with E-state index in [9.17, 15) is 0 Å². The second kappa shape index (κ2) is 7.05. The number of piperidine rings is 1. The van der Waals surface area contributed by atoms with E-state index < -0.39 is 0 Å². The summed E-state index contributed by atoms with van der Waals surface area (Å²) >= 11 is 0. The first kappa shape index (κ1) is 15.3. The quantitative estimate of drug-likeness (QED) is 0.829. The van der Waals surface area contributed by atoms with Crippen molar-refractivity contribution in [2.75, 3.05) is 40.3 Å². The Kier molecular flexibility index (Phi) is 5.67. The molecule has 0 spiro atoms. The number of ether oxygens (including phenoxy) is 1. The van der Waals surface area contributed by atoms with Gasteiger partial charge in [0, 0.05) is 26.7 Å². The normalized spacial score (nSPS) is 32.4. The van der Waals surface area contributed by atoms with Crippen molar-refractivity contribution in [1.29, 1.82) is 0 Å². The predicted molar refractivity (Wildman–Crippen MR) is 80.5 cm³/mol. The average Bonchev–Trinajstić information content (AvgIpc) is 2.42. The monoisotopic (exact) mass is 268 g/mol. The van der Waals surface area contributed by atoms with Gasteiger partial charge < -0.3 is 15.0 Å². The van der Waals surface area contributed by atoms with Crippen molar-refractivity contribution in [1.82, 2.24) is 10.2 Å². The van der Waals surface area contributed by atoms with E-state index in [0.717, 1.165) is 6.54 Å². The smallest absolute Gasteiger partial charge is 0.0724 e. The van der Waals surface area contributed by atoms with Crippen LogP contribution in [-0.2, 0) is 4.74 Å². The number of hydrogen-bond donors (Lipinski definition) is 1. The molecule has 1 heterocycles. The third-order valence-corrected chi connectivity index (χ3v) is 5.30. The van der Waals surface area contributed by atoms with Gasteiger partial charge in [-0.05, 0) is 44.2 Å². The Balaban J connectivity index is 1.93. The Hall–Kier alpha value is -0.120. The molecular formula is C16H32N2O. The summed E-state index contributed by atoms with van der Waals surface area (Å²) in [6.45, 7) is 7.15. The second-order valence-electron chi connectivity index (χ2n) is 6.87. The zero-order valence-electron chi connectivity index (χ0n) is 13.1. The maximum absolute atomic E-state index is 5.66. The third-order valence-electron chi connectivity index (χ3n) is 5.30. The molecule has 0 aromatic rings. The van der Waals surface area contributed by atoms with E-state index in [4.69, 9.17) is 4.74 Å². The van der Waals surface area contributed by atoms with Crippen molar-refractivity contribution in [2.45, 2.75) is 51.6 Å². The zero-order valence-corrected chi connectivity index (χ0v) is 13.1. The van der Waals surface area contributed by atoms with Crippen molar-refractivity contribution >= 4 is 0 Å². The van der Waals surface area contributed by atoms with Gasteiger partial charge in [-0.2, -0.15) is 0 Å². The highest BCUT2D eigenvalue weighted by Crippen LogP contribution is 2.37. The van der Waals surface area contributed by atoms with Crippen LogP contribution in [0.1, 0.15) is 45.4 Å². The van der Waals surface area contributed by atoms with E-state index in [1.165, 1.54) is 58.2 Å². The molecule has 2 fully saturated rings. The summed E-state index contributed by atoms with van der Waals surface area (Å²) < 4.78 is 5.66. The number of hydrogen-bond acceptors (Lipinski definition) is 3. The highest BCUT2D eigenvalue weighted by molar-refractivity contribution is 4.90. The van der Waals surface area contributed by atoms with Gasteiger partial charge in [0.2, 0.25) is 0 Å². The molecule has 1 N–H and O–H groups in total. The first-order valence-corrected chi connectivity index (χ1v) is 8.09. The molecule has 2 atom stereocenters. The molecule has 1 aliphatic carbocycles. The molecule has 0 amide bonds. The topological polar surface area (TPSA) is 24.5 Å². The molecule has 3 heteroatoms. The molecular weight excluding hydrogens is 236 g/mol. The van der Waals surface area contributed by atoms with Crippen molar-refractivity contribution in [2.24, 2.45) is 11.3 Å². The lowest BCUT2D eigenvalue weighted by atomic mass is 9.73. The van der Waals surface area contributed by atoms with Gasteiger partial charge in [-0.15, -0.1) is 0 Å². The van der Waals surface area contributed by atoms with Gasteiger partial charge in [0.15, 0.2) is 0 Å². The largest absolute Gasteiger partial charge is 0.380 e. The van der Waals surface area contributed by atoms with Crippen LogP contribution in [0.5, 0.6) is 0 Å². The number of methoxy groups -OCH3 is 1. The molecule has 2 unspecified atom stereocenters. The summed E-state index contributed by atoms with van der Waals surface area (Å²) in [5.74, 6) is 0.716. The highest BCUT2D eigenvalue weighted by Gasteiger charge is 2.35. The van der Waals surface area contributed by atoms with Gasteiger partial charge in [-0.3, -0.25) is 0 Å². The fourth-order valence-corrected chi connectivity index (χ4v) is 4.09. The molecule has 0 radical (unpaired) electrons. The second-order valence-corrected chi connectivity index (χ2v) is 6.87. The Morgan fingerprint density at radius 1 is 1.26 bits per heavy atom. The van der Waals surface area contributed by atoms with Crippen LogP contribution in [0.4, 0.5) is 0 Å². The Labute approximate surface area is 119 Å². The lowest BCUT2D eigenvalue weighted by molar-refractivity contribution is -0.0225. The van der Waals surface area contributed by atoms with E-state index in [2.05, 4.69) is 24.2 Å². The molecule has 1 saturated carbocycles. The molecule has 0 aromatic heterocycles. The van der Waals surface area contributed by atoms with Crippen molar-refractivity contribution in [3.8, 4) is 0 Å². The highest BCUT2D eigenvalue weighted by atomic mass is 16.5. The molecule has 1 saturated heterocycles. The summed E-state index contributed by atoms with van der Waals surface area (Å²) in [4.78, 5) is 2.66. The molecule has 0 aromatic carbocycles. The molecule has 112 valence electrons. The Bertz CT molecular complexity index is 258. The minimum Gasteiger partial charge on any atom is -0.380 e. The molecule has 1 aliphatic heterocycles. The first-order chi connectivity index (χ1) is 9.19. The van der Waals surface area contributed by atoms with Crippen LogP contribution in [0.15, 0.2) is 0 Å². The van der Waals surface area contributed by atoms with Crippen LogP contribution in [0.25, 0.3) is 0 Å². The van der Waals surface area contributed by atoms with Gasteiger partial charge >= 0.3 is 0 Å². The van der Waals surface area contributed by atoms with Crippen LogP contribution >= 0.6 is 0 Å². The van der Waals surface area contributed by atoms with Gasteiger partial charge in [-0.1, -0.05) is 26.2 Å². The molecule has 3 nitrogen and oxygen atoms in total. The van der Waals surface area contributed by atoms with E-state index in [1.54, 1.807) is 0 Å². The van der Waals surface area contributed by atoms with Crippen molar-refractivity contribution < 1.29 is 4.74 Å². The predicted octanol–water partition coefficient (Wildman–Crippen LogP) is 2.51. The third kappa shape index (κ3) is 3.93.